The smallest absolute Gasteiger partial charge is 0.217 e. The Labute approximate surface area is 83.5 Å². The van der Waals surface area contributed by atoms with Gasteiger partial charge in [-0.2, -0.15) is 0 Å². The molecule has 0 aromatic carbocycles. The Morgan fingerprint density at radius 2 is 2.50 bits per heavy atom. The summed E-state index contributed by atoms with van der Waals surface area (Å²) in [6.45, 7) is 2.79. The van der Waals surface area contributed by atoms with Crippen LogP contribution in [0.5, 0.6) is 0 Å². The van der Waals surface area contributed by atoms with Crippen molar-refractivity contribution in [2.45, 2.75) is 25.8 Å². The van der Waals surface area contributed by atoms with Gasteiger partial charge in [0.15, 0.2) is 0 Å². The number of carbonyl (C=O) groups excluding carboxylic acids is 1. The molecule has 0 spiro atoms. The lowest BCUT2D eigenvalue weighted by molar-refractivity contribution is -0.118. The van der Waals surface area contributed by atoms with Crippen LogP contribution in [0.4, 0.5) is 0 Å². The standard InChI is InChI=1S/C10H16N2O2/c1-8(9-4-3-7-14-9)12-6-2-5-10(11)13/h3-4,7-8,12H,2,5-6H2,1H3,(H2,11,13). The van der Waals surface area contributed by atoms with E-state index in [1.807, 2.05) is 19.1 Å². The van der Waals surface area contributed by atoms with Gasteiger partial charge in [0.1, 0.15) is 5.76 Å². The molecular formula is C10H16N2O2. The van der Waals surface area contributed by atoms with E-state index in [9.17, 15) is 4.79 Å². The number of carbonyl (C=O) groups is 1. The van der Waals surface area contributed by atoms with Crippen molar-refractivity contribution >= 4 is 5.91 Å². The molecule has 1 rings (SSSR count). The average molecular weight is 196 g/mol. The lowest BCUT2D eigenvalue weighted by Gasteiger charge is -2.10. The Morgan fingerprint density at radius 3 is 3.07 bits per heavy atom. The van der Waals surface area contributed by atoms with Crippen molar-refractivity contribution in [2.24, 2.45) is 5.73 Å². The summed E-state index contributed by atoms with van der Waals surface area (Å²) < 4.78 is 5.22. The van der Waals surface area contributed by atoms with Gasteiger partial charge in [-0.15, -0.1) is 0 Å². The van der Waals surface area contributed by atoms with Gasteiger partial charge in [0.25, 0.3) is 0 Å². The summed E-state index contributed by atoms with van der Waals surface area (Å²) in [7, 11) is 0. The van der Waals surface area contributed by atoms with Crippen molar-refractivity contribution < 1.29 is 9.21 Å². The molecule has 1 aromatic heterocycles. The van der Waals surface area contributed by atoms with E-state index in [-0.39, 0.29) is 11.9 Å². The Kier molecular flexibility index (Phi) is 4.19. The van der Waals surface area contributed by atoms with E-state index in [1.54, 1.807) is 6.26 Å². The highest BCUT2D eigenvalue weighted by Gasteiger charge is 2.06. The fourth-order valence-electron chi connectivity index (χ4n) is 1.22. The third-order valence-corrected chi connectivity index (χ3v) is 2.02. The molecule has 4 heteroatoms. The Balaban J connectivity index is 2.16. The van der Waals surface area contributed by atoms with Crippen molar-refractivity contribution in [3.63, 3.8) is 0 Å². The molecule has 0 fully saturated rings. The molecule has 0 aliphatic heterocycles. The van der Waals surface area contributed by atoms with Gasteiger partial charge in [0.2, 0.25) is 5.91 Å². The van der Waals surface area contributed by atoms with Crippen LogP contribution in [0.1, 0.15) is 31.6 Å². The highest BCUT2D eigenvalue weighted by atomic mass is 16.3. The second kappa shape index (κ2) is 5.44. The first-order chi connectivity index (χ1) is 6.70. The Hall–Kier alpha value is -1.29. The van der Waals surface area contributed by atoms with Crippen LogP contribution < -0.4 is 11.1 Å². The highest BCUT2D eigenvalue weighted by molar-refractivity contribution is 5.73. The van der Waals surface area contributed by atoms with Crippen LogP contribution in [-0.4, -0.2) is 12.5 Å². The third kappa shape index (κ3) is 3.62. The first-order valence-corrected chi connectivity index (χ1v) is 4.75. The summed E-state index contributed by atoms with van der Waals surface area (Å²) in [5.41, 5.74) is 5.02. The molecule has 1 heterocycles. The predicted octanol–water partition coefficient (Wildman–Crippen LogP) is 1.20. The van der Waals surface area contributed by atoms with Crippen LogP contribution in [0.25, 0.3) is 0 Å². The maximum atomic E-state index is 10.4. The summed E-state index contributed by atoms with van der Waals surface area (Å²) in [4.78, 5) is 10.4. The largest absolute Gasteiger partial charge is 0.468 e. The van der Waals surface area contributed by atoms with Gasteiger partial charge in [0, 0.05) is 6.42 Å². The predicted molar refractivity (Wildman–Crippen MR) is 53.6 cm³/mol. The van der Waals surface area contributed by atoms with Crippen molar-refractivity contribution in [1.82, 2.24) is 5.32 Å². The molecule has 0 bridgehead atoms. The second-order valence-corrected chi connectivity index (χ2v) is 3.26. The lowest BCUT2D eigenvalue weighted by atomic mass is 10.2. The topological polar surface area (TPSA) is 68.3 Å². The first-order valence-electron chi connectivity index (χ1n) is 4.75. The van der Waals surface area contributed by atoms with Crippen LogP contribution in [-0.2, 0) is 4.79 Å². The van der Waals surface area contributed by atoms with Crippen LogP contribution in [0.15, 0.2) is 22.8 Å². The zero-order chi connectivity index (χ0) is 10.4. The maximum absolute atomic E-state index is 10.4. The van der Waals surface area contributed by atoms with Gasteiger partial charge in [-0.25, -0.2) is 0 Å². The number of nitrogens with one attached hydrogen (secondary N) is 1. The molecule has 14 heavy (non-hydrogen) atoms. The fourth-order valence-corrected chi connectivity index (χ4v) is 1.22. The van der Waals surface area contributed by atoms with E-state index in [0.29, 0.717) is 6.42 Å². The second-order valence-electron chi connectivity index (χ2n) is 3.26. The molecule has 1 unspecified atom stereocenters. The molecule has 0 aliphatic carbocycles. The average Bonchev–Trinajstić information content (AvgIpc) is 2.64. The minimum atomic E-state index is -0.252. The number of furan rings is 1. The van der Waals surface area contributed by atoms with E-state index in [0.717, 1.165) is 18.7 Å². The van der Waals surface area contributed by atoms with Crippen LogP contribution in [0, 0.1) is 0 Å². The van der Waals surface area contributed by atoms with Crippen molar-refractivity contribution in [3.05, 3.63) is 24.2 Å². The monoisotopic (exact) mass is 196 g/mol. The van der Waals surface area contributed by atoms with Crippen LogP contribution in [0.2, 0.25) is 0 Å². The van der Waals surface area contributed by atoms with Gasteiger partial charge in [-0.1, -0.05) is 0 Å². The Bertz CT molecular complexity index is 270. The number of primary amides is 1. The van der Waals surface area contributed by atoms with E-state index in [2.05, 4.69) is 5.32 Å². The molecule has 0 saturated heterocycles. The van der Waals surface area contributed by atoms with Crippen molar-refractivity contribution in [1.29, 1.82) is 0 Å². The summed E-state index contributed by atoms with van der Waals surface area (Å²) in [6.07, 6.45) is 2.84. The van der Waals surface area contributed by atoms with Gasteiger partial charge >= 0.3 is 0 Å². The van der Waals surface area contributed by atoms with Gasteiger partial charge in [-0.05, 0) is 32.0 Å². The zero-order valence-corrected chi connectivity index (χ0v) is 8.32. The zero-order valence-electron chi connectivity index (χ0n) is 8.32. The number of amides is 1. The first kappa shape index (κ1) is 10.8. The molecule has 1 atom stereocenters. The molecule has 0 saturated carbocycles. The number of rotatable bonds is 6. The minimum absolute atomic E-state index is 0.179. The van der Waals surface area contributed by atoms with Crippen molar-refractivity contribution in [2.75, 3.05) is 6.54 Å². The number of hydrogen-bond acceptors (Lipinski definition) is 3. The molecule has 0 aliphatic rings. The normalized spacial score (nSPS) is 12.6. The molecule has 78 valence electrons. The van der Waals surface area contributed by atoms with Gasteiger partial charge < -0.3 is 15.5 Å². The molecule has 0 radical (unpaired) electrons. The van der Waals surface area contributed by atoms with Gasteiger partial charge in [0.05, 0.1) is 12.3 Å². The van der Waals surface area contributed by atoms with Crippen LogP contribution >= 0.6 is 0 Å². The molecule has 1 amide bonds. The van der Waals surface area contributed by atoms with E-state index in [4.69, 9.17) is 10.2 Å². The van der Waals surface area contributed by atoms with E-state index >= 15 is 0 Å². The molecule has 3 N–H and O–H groups in total. The van der Waals surface area contributed by atoms with Crippen LogP contribution in [0.3, 0.4) is 0 Å². The number of hydrogen-bond donors (Lipinski definition) is 2. The SMILES string of the molecule is CC(NCCCC(N)=O)c1ccco1. The molecule has 4 nitrogen and oxygen atoms in total. The van der Waals surface area contributed by atoms with E-state index < -0.39 is 0 Å². The Morgan fingerprint density at radius 1 is 1.71 bits per heavy atom. The minimum Gasteiger partial charge on any atom is -0.468 e. The molecular weight excluding hydrogens is 180 g/mol. The summed E-state index contributed by atoms with van der Waals surface area (Å²) in [5, 5.41) is 3.24. The van der Waals surface area contributed by atoms with Crippen molar-refractivity contribution in [3.8, 4) is 0 Å². The summed E-state index contributed by atoms with van der Waals surface area (Å²) >= 11 is 0. The summed E-state index contributed by atoms with van der Waals surface area (Å²) in [6, 6.07) is 3.96. The highest BCUT2D eigenvalue weighted by Crippen LogP contribution is 2.11. The maximum Gasteiger partial charge on any atom is 0.217 e. The van der Waals surface area contributed by atoms with E-state index in [1.165, 1.54) is 0 Å². The lowest BCUT2D eigenvalue weighted by Crippen LogP contribution is -2.21. The molecule has 1 aromatic rings. The van der Waals surface area contributed by atoms with Gasteiger partial charge in [-0.3, -0.25) is 4.79 Å². The number of nitrogens with two attached hydrogens (primary N) is 1. The quantitative estimate of drug-likeness (QED) is 0.672. The summed E-state index contributed by atoms with van der Waals surface area (Å²) in [5.74, 6) is 0.654. The third-order valence-electron chi connectivity index (χ3n) is 2.02. The fraction of sp³-hybridized carbons (Fsp3) is 0.500.